The lowest BCUT2D eigenvalue weighted by Crippen LogP contribution is -2.51. The third-order valence-electron chi connectivity index (χ3n) is 4.90. The topological polar surface area (TPSA) is 62.2 Å². The molecule has 1 aromatic carbocycles. The molecule has 0 unspecified atom stereocenters. The number of esters is 1. The number of amides is 1. The van der Waals surface area contributed by atoms with Gasteiger partial charge in [0, 0.05) is 30.8 Å². The molecule has 0 bridgehead atoms. The summed E-state index contributed by atoms with van der Waals surface area (Å²) in [5.41, 5.74) is 1.79. The highest BCUT2D eigenvalue weighted by molar-refractivity contribution is 5.98. The summed E-state index contributed by atoms with van der Waals surface area (Å²) < 4.78 is 4.90. The molecule has 0 aliphatic carbocycles. The van der Waals surface area contributed by atoms with Gasteiger partial charge in [0.15, 0.2) is 0 Å². The zero-order valence-electron chi connectivity index (χ0n) is 14.4. The van der Waals surface area contributed by atoms with Gasteiger partial charge in [0.25, 0.3) is 5.91 Å². The van der Waals surface area contributed by atoms with Crippen molar-refractivity contribution in [1.29, 1.82) is 0 Å². The molecule has 6 heteroatoms. The standard InChI is InChI=1S/C18H23N3O3/c1-13-9-12-21(19-13)15-7-5-14(6-8-15)16(22)20-11-4-10-18(20,2)17(23)24-3/h5-8H,4,9-12H2,1-3H3/t18-/m0/s1. The summed E-state index contributed by atoms with van der Waals surface area (Å²) in [5.74, 6) is -0.486. The predicted molar refractivity (Wildman–Crippen MR) is 92.2 cm³/mol. The number of hydrogen-bond acceptors (Lipinski definition) is 5. The smallest absolute Gasteiger partial charge is 0.331 e. The van der Waals surface area contributed by atoms with Gasteiger partial charge in [-0.3, -0.25) is 9.80 Å². The Morgan fingerprint density at radius 1 is 1.21 bits per heavy atom. The molecule has 2 aliphatic heterocycles. The summed E-state index contributed by atoms with van der Waals surface area (Å²) in [5, 5.41) is 6.40. The maximum Gasteiger partial charge on any atom is 0.331 e. The van der Waals surface area contributed by atoms with Crippen LogP contribution in [0.3, 0.4) is 0 Å². The molecule has 1 saturated heterocycles. The molecule has 3 rings (SSSR count). The highest BCUT2D eigenvalue weighted by Crippen LogP contribution is 2.32. The molecule has 0 saturated carbocycles. The van der Waals surface area contributed by atoms with E-state index < -0.39 is 5.54 Å². The maximum atomic E-state index is 12.8. The van der Waals surface area contributed by atoms with E-state index in [-0.39, 0.29) is 11.9 Å². The predicted octanol–water partition coefficient (Wildman–Crippen LogP) is 2.44. The molecule has 6 nitrogen and oxygen atoms in total. The number of anilines is 1. The Labute approximate surface area is 142 Å². The number of ether oxygens (including phenoxy) is 1. The average molecular weight is 329 g/mol. The van der Waals surface area contributed by atoms with E-state index in [1.54, 1.807) is 24.0 Å². The van der Waals surface area contributed by atoms with Crippen LogP contribution in [0.1, 0.15) is 43.5 Å². The van der Waals surface area contributed by atoms with E-state index in [9.17, 15) is 9.59 Å². The molecule has 1 atom stereocenters. The van der Waals surface area contributed by atoms with Crippen molar-refractivity contribution < 1.29 is 14.3 Å². The first-order chi connectivity index (χ1) is 11.5. The number of rotatable bonds is 3. The van der Waals surface area contributed by atoms with Gasteiger partial charge in [-0.25, -0.2) is 4.79 Å². The Morgan fingerprint density at radius 2 is 1.92 bits per heavy atom. The van der Waals surface area contributed by atoms with Crippen LogP contribution in [-0.2, 0) is 9.53 Å². The molecule has 1 aromatic rings. The summed E-state index contributed by atoms with van der Waals surface area (Å²) >= 11 is 0. The Bertz CT molecular complexity index is 683. The largest absolute Gasteiger partial charge is 0.467 e. The number of carbonyl (C=O) groups is 2. The third-order valence-corrected chi connectivity index (χ3v) is 4.90. The molecular formula is C18H23N3O3. The maximum absolute atomic E-state index is 12.8. The van der Waals surface area contributed by atoms with Crippen molar-refractivity contribution in [3.05, 3.63) is 29.8 Å². The first-order valence-electron chi connectivity index (χ1n) is 8.28. The van der Waals surface area contributed by atoms with Crippen LogP contribution in [0.2, 0.25) is 0 Å². The fourth-order valence-corrected chi connectivity index (χ4v) is 3.41. The normalized spacial score (nSPS) is 23.4. The number of nitrogens with zero attached hydrogens (tertiary/aromatic N) is 3. The summed E-state index contributed by atoms with van der Waals surface area (Å²) in [6.07, 6.45) is 2.40. The Morgan fingerprint density at radius 3 is 2.50 bits per heavy atom. The Kier molecular flexibility index (Phi) is 4.30. The zero-order chi connectivity index (χ0) is 17.3. The fourth-order valence-electron chi connectivity index (χ4n) is 3.41. The van der Waals surface area contributed by atoms with Crippen LogP contribution in [0.15, 0.2) is 29.4 Å². The average Bonchev–Trinajstić information content (AvgIpc) is 3.20. The monoisotopic (exact) mass is 329 g/mol. The zero-order valence-corrected chi connectivity index (χ0v) is 14.4. The van der Waals surface area contributed by atoms with Gasteiger partial charge >= 0.3 is 5.97 Å². The van der Waals surface area contributed by atoms with Gasteiger partial charge in [-0.15, -0.1) is 0 Å². The van der Waals surface area contributed by atoms with Gasteiger partial charge in [0.1, 0.15) is 5.54 Å². The van der Waals surface area contributed by atoms with Crippen molar-refractivity contribution >= 4 is 23.3 Å². The summed E-state index contributed by atoms with van der Waals surface area (Å²) in [7, 11) is 1.36. The van der Waals surface area contributed by atoms with E-state index in [0.717, 1.165) is 30.8 Å². The summed E-state index contributed by atoms with van der Waals surface area (Å²) in [4.78, 5) is 26.6. The molecule has 0 spiro atoms. The van der Waals surface area contributed by atoms with E-state index in [1.165, 1.54) is 7.11 Å². The molecule has 1 amide bonds. The SMILES string of the molecule is COC(=O)[C@]1(C)CCCN1C(=O)c1ccc(N2CCC(C)=N2)cc1. The van der Waals surface area contributed by atoms with Crippen molar-refractivity contribution in [3.63, 3.8) is 0 Å². The van der Waals surface area contributed by atoms with E-state index in [1.807, 2.05) is 24.1 Å². The van der Waals surface area contributed by atoms with Gasteiger partial charge < -0.3 is 9.64 Å². The third kappa shape index (κ3) is 2.77. The van der Waals surface area contributed by atoms with E-state index in [0.29, 0.717) is 18.5 Å². The quantitative estimate of drug-likeness (QED) is 0.799. The van der Waals surface area contributed by atoms with Crippen LogP contribution in [0.5, 0.6) is 0 Å². The van der Waals surface area contributed by atoms with Gasteiger partial charge in [0.2, 0.25) is 0 Å². The molecule has 128 valence electrons. The minimum atomic E-state index is -0.874. The number of hydrogen-bond donors (Lipinski definition) is 0. The molecule has 0 N–H and O–H groups in total. The van der Waals surface area contributed by atoms with Crippen LogP contribution < -0.4 is 5.01 Å². The van der Waals surface area contributed by atoms with Gasteiger partial charge in [0.05, 0.1) is 12.8 Å². The number of likely N-dealkylation sites (tertiary alicyclic amines) is 1. The van der Waals surface area contributed by atoms with Crippen LogP contribution >= 0.6 is 0 Å². The van der Waals surface area contributed by atoms with Crippen LogP contribution in [0.25, 0.3) is 0 Å². The van der Waals surface area contributed by atoms with Gasteiger partial charge in [-0.1, -0.05) is 0 Å². The molecule has 1 fully saturated rings. The van der Waals surface area contributed by atoms with Crippen molar-refractivity contribution in [3.8, 4) is 0 Å². The van der Waals surface area contributed by atoms with Crippen LogP contribution in [0, 0.1) is 0 Å². The number of methoxy groups -OCH3 is 1. The molecule has 0 radical (unpaired) electrons. The molecular weight excluding hydrogens is 306 g/mol. The Balaban J connectivity index is 1.79. The van der Waals surface area contributed by atoms with Crippen molar-refractivity contribution in [2.75, 3.05) is 25.2 Å². The van der Waals surface area contributed by atoms with Gasteiger partial charge in [-0.2, -0.15) is 5.10 Å². The second kappa shape index (κ2) is 6.26. The highest BCUT2D eigenvalue weighted by atomic mass is 16.5. The van der Waals surface area contributed by atoms with Crippen LogP contribution in [-0.4, -0.2) is 48.2 Å². The number of hydrazone groups is 1. The van der Waals surface area contributed by atoms with Crippen molar-refractivity contribution in [1.82, 2.24) is 4.90 Å². The second-order valence-corrected chi connectivity index (χ2v) is 6.58. The minimum Gasteiger partial charge on any atom is -0.467 e. The molecule has 24 heavy (non-hydrogen) atoms. The van der Waals surface area contributed by atoms with E-state index in [4.69, 9.17) is 4.74 Å². The first kappa shape index (κ1) is 16.5. The number of carbonyl (C=O) groups excluding carboxylic acids is 2. The number of benzene rings is 1. The molecule has 2 heterocycles. The second-order valence-electron chi connectivity index (χ2n) is 6.58. The van der Waals surface area contributed by atoms with Crippen LogP contribution in [0.4, 0.5) is 5.69 Å². The fraction of sp³-hybridized carbons (Fsp3) is 0.500. The summed E-state index contributed by atoms with van der Waals surface area (Å²) in [6.45, 7) is 5.23. The van der Waals surface area contributed by atoms with Gasteiger partial charge in [-0.05, 0) is 51.0 Å². The van der Waals surface area contributed by atoms with Crippen molar-refractivity contribution in [2.24, 2.45) is 5.10 Å². The van der Waals surface area contributed by atoms with E-state index >= 15 is 0 Å². The summed E-state index contributed by atoms with van der Waals surface area (Å²) in [6, 6.07) is 7.41. The van der Waals surface area contributed by atoms with E-state index in [2.05, 4.69) is 5.10 Å². The Hall–Kier alpha value is -2.37. The lowest BCUT2D eigenvalue weighted by molar-refractivity contribution is -0.151. The molecule has 0 aromatic heterocycles. The first-order valence-corrected chi connectivity index (χ1v) is 8.28. The lowest BCUT2D eigenvalue weighted by Gasteiger charge is -2.32. The highest BCUT2D eigenvalue weighted by Gasteiger charge is 2.46. The van der Waals surface area contributed by atoms with Crippen molar-refractivity contribution in [2.45, 2.75) is 38.6 Å². The minimum absolute atomic E-state index is 0.131. The molecule has 2 aliphatic rings. The lowest BCUT2D eigenvalue weighted by atomic mass is 9.98.